The molecule has 0 aliphatic carbocycles. The molecule has 0 aliphatic heterocycles. The number of amides is 1. The Bertz CT molecular complexity index is 1600. The number of aromatic amines is 1. The van der Waals surface area contributed by atoms with Gasteiger partial charge in [0.15, 0.2) is 5.76 Å². The Morgan fingerprint density at radius 3 is 2.49 bits per heavy atom. The lowest BCUT2D eigenvalue weighted by molar-refractivity contribution is -0.137. The van der Waals surface area contributed by atoms with Gasteiger partial charge in [-0.3, -0.25) is 19.6 Å². The van der Waals surface area contributed by atoms with Gasteiger partial charge in [0.2, 0.25) is 5.82 Å². The van der Waals surface area contributed by atoms with Crippen LogP contribution in [-0.4, -0.2) is 53.6 Å². The van der Waals surface area contributed by atoms with Gasteiger partial charge in [0, 0.05) is 23.4 Å². The fraction of sp³-hybridized carbons (Fsp3) is 0.233. The minimum absolute atomic E-state index is 0.144. The fourth-order valence-electron chi connectivity index (χ4n) is 4.68. The highest BCUT2D eigenvalue weighted by atomic mass is 16.4. The van der Waals surface area contributed by atoms with Crippen LogP contribution in [0, 0.1) is 0 Å². The lowest BCUT2D eigenvalue weighted by Crippen LogP contribution is -2.38. The number of tetrazole rings is 1. The maximum Gasteiger partial charge on any atom is 0.305 e. The number of carboxylic acid groups (broad SMARTS) is 1. The van der Waals surface area contributed by atoms with E-state index >= 15 is 0 Å². The van der Waals surface area contributed by atoms with Crippen molar-refractivity contribution in [3.8, 4) is 22.6 Å². The third-order valence-corrected chi connectivity index (χ3v) is 6.56. The van der Waals surface area contributed by atoms with Crippen LogP contribution < -0.4 is 5.32 Å². The summed E-state index contributed by atoms with van der Waals surface area (Å²) in [4.78, 5) is 33.8. The first-order chi connectivity index (χ1) is 20.0. The standard InChI is InChI=1S/C30H29N7O4/c1-2-8-20-14-27(30(40)33-21(16-28(38)39)13-19-9-4-3-5-10-19)41-26(20)15-22-17-32-25(18-31-22)23-11-6-7-12-24(23)29-34-36-37-35-29/h3-7,9-12,14,17-18,21H,2,8,13,15-16H2,1H3,(H,33,40)(H,38,39)(H,34,35,36,37). The molecule has 5 aromatic rings. The van der Waals surface area contributed by atoms with Gasteiger partial charge in [0.1, 0.15) is 5.76 Å². The van der Waals surface area contributed by atoms with E-state index in [1.54, 1.807) is 18.5 Å². The zero-order valence-electron chi connectivity index (χ0n) is 22.4. The Morgan fingerprint density at radius 2 is 1.80 bits per heavy atom. The second-order valence-corrected chi connectivity index (χ2v) is 9.62. The number of H-pyrrole nitrogens is 1. The highest BCUT2D eigenvalue weighted by Crippen LogP contribution is 2.28. The summed E-state index contributed by atoms with van der Waals surface area (Å²) in [6, 6.07) is 18.2. The van der Waals surface area contributed by atoms with Crippen molar-refractivity contribution in [2.45, 2.75) is 45.1 Å². The predicted molar refractivity (Wildman–Crippen MR) is 150 cm³/mol. The Kier molecular flexibility index (Phi) is 8.53. The molecule has 0 bridgehead atoms. The minimum atomic E-state index is -0.986. The van der Waals surface area contributed by atoms with Crippen molar-refractivity contribution in [2.75, 3.05) is 0 Å². The van der Waals surface area contributed by atoms with Gasteiger partial charge in [0.25, 0.3) is 5.91 Å². The summed E-state index contributed by atoms with van der Waals surface area (Å²) in [5, 5.41) is 26.5. The van der Waals surface area contributed by atoms with Crippen molar-refractivity contribution in [2.24, 2.45) is 0 Å². The van der Waals surface area contributed by atoms with Crippen molar-refractivity contribution in [1.82, 2.24) is 35.9 Å². The number of carboxylic acids is 1. The molecule has 3 N–H and O–H groups in total. The summed E-state index contributed by atoms with van der Waals surface area (Å²) in [6.45, 7) is 2.05. The van der Waals surface area contributed by atoms with Crippen LogP contribution in [0.4, 0.5) is 0 Å². The van der Waals surface area contributed by atoms with Crippen LogP contribution in [0.25, 0.3) is 22.6 Å². The number of benzene rings is 2. The van der Waals surface area contributed by atoms with Gasteiger partial charge >= 0.3 is 5.97 Å². The number of carbonyl (C=O) groups is 2. The van der Waals surface area contributed by atoms with Crippen LogP contribution in [0.15, 0.2) is 77.5 Å². The van der Waals surface area contributed by atoms with E-state index in [1.165, 1.54) is 0 Å². The average molecular weight is 552 g/mol. The van der Waals surface area contributed by atoms with E-state index in [1.807, 2.05) is 54.6 Å². The van der Waals surface area contributed by atoms with E-state index < -0.39 is 17.9 Å². The van der Waals surface area contributed by atoms with Gasteiger partial charge in [-0.1, -0.05) is 67.9 Å². The van der Waals surface area contributed by atoms with Crippen LogP contribution in [0.1, 0.15) is 52.9 Å². The largest absolute Gasteiger partial charge is 0.481 e. The number of aromatic nitrogens is 6. The number of aryl methyl sites for hydroxylation is 1. The molecule has 5 rings (SSSR count). The van der Waals surface area contributed by atoms with Crippen LogP contribution >= 0.6 is 0 Å². The van der Waals surface area contributed by atoms with Crippen molar-refractivity contribution in [3.05, 3.63) is 101 Å². The molecule has 1 unspecified atom stereocenters. The third-order valence-electron chi connectivity index (χ3n) is 6.56. The second kappa shape index (κ2) is 12.8. The summed E-state index contributed by atoms with van der Waals surface area (Å²) in [5.74, 6) is -0.198. The lowest BCUT2D eigenvalue weighted by Gasteiger charge is -2.16. The summed E-state index contributed by atoms with van der Waals surface area (Å²) in [7, 11) is 0. The molecule has 0 saturated heterocycles. The smallest absolute Gasteiger partial charge is 0.305 e. The topological polar surface area (TPSA) is 160 Å². The molecule has 41 heavy (non-hydrogen) atoms. The molecule has 3 heterocycles. The van der Waals surface area contributed by atoms with Crippen molar-refractivity contribution >= 4 is 11.9 Å². The quantitative estimate of drug-likeness (QED) is 0.206. The summed E-state index contributed by atoms with van der Waals surface area (Å²) < 4.78 is 6.02. The van der Waals surface area contributed by atoms with E-state index in [9.17, 15) is 14.7 Å². The van der Waals surface area contributed by atoms with E-state index in [0.717, 1.165) is 35.1 Å². The Hall–Kier alpha value is -5.19. The molecular weight excluding hydrogens is 522 g/mol. The number of rotatable bonds is 12. The van der Waals surface area contributed by atoms with Crippen LogP contribution in [0.5, 0.6) is 0 Å². The number of hydrogen-bond acceptors (Lipinski definition) is 8. The molecule has 11 nitrogen and oxygen atoms in total. The molecule has 2 aromatic carbocycles. The second-order valence-electron chi connectivity index (χ2n) is 9.62. The monoisotopic (exact) mass is 551 g/mol. The van der Waals surface area contributed by atoms with Gasteiger partial charge < -0.3 is 14.8 Å². The maximum absolute atomic E-state index is 13.1. The van der Waals surface area contributed by atoms with Gasteiger partial charge in [0.05, 0.1) is 30.4 Å². The maximum atomic E-state index is 13.1. The Morgan fingerprint density at radius 1 is 1.02 bits per heavy atom. The number of aliphatic carboxylic acids is 1. The fourth-order valence-corrected chi connectivity index (χ4v) is 4.68. The van der Waals surface area contributed by atoms with Crippen molar-refractivity contribution in [1.29, 1.82) is 0 Å². The summed E-state index contributed by atoms with van der Waals surface area (Å²) in [5.41, 5.74) is 4.78. The number of hydrogen-bond donors (Lipinski definition) is 3. The zero-order chi connectivity index (χ0) is 28.6. The van der Waals surface area contributed by atoms with Gasteiger partial charge in [-0.2, -0.15) is 5.21 Å². The van der Waals surface area contributed by atoms with Crippen molar-refractivity contribution in [3.63, 3.8) is 0 Å². The zero-order valence-corrected chi connectivity index (χ0v) is 22.4. The molecule has 0 spiro atoms. The van der Waals surface area contributed by atoms with Gasteiger partial charge in [-0.05, 0) is 35.2 Å². The SMILES string of the molecule is CCCc1cc(C(=O)NC(CC(=O)O)Cc2ccccc2)oc1Cc1cnc(-c2ccccc2-c2nn[nH]n2)cn1. The van der Waals surface area contributed by atoms with Gasteiger partial charge in [-0.15, -0.1) is 10.2 Å². The first kappa shape index (κ1) is 27.4. The first-order valence-corrected chi connectivity index (χ1v) is 13.3. The predicted octanol–water partition coefficient (Wildman–Crippen LogP) is 4.28. The Labute approximate surface area is 236 Å². The minimum Gasteiger partial charge on any atom is -0.481 e. The molecule has 1 atom stereocenters. The highest BCUT2D eigenvalue weighted by Gasteiger charge is 2.22. The molecule has 3 aromatic heterocycles. The number of nitrogens with one attached hydrogen (secondary N) is 2. The van der Waals surface area contributed by atoms with Crippen LogP contribution in [0.3, 0.4) is 0 Å². The average Bonchev–Trinajstić information content (AvgIpc) is 3.65. The molecule has 0 radical (unpaired) electrons. The number of carbonyl (C=O) groups excluding carboxylic acids is 1. The van der Waals surface area contributed by atoms with Crippen LogP contribution in [0.2, 0.25) is 0 Å². The summed E-state index contributed by atoms with van der Waals surface area (Å²) in [6.07, 6.45) is 5.50. The summed E-state index contributed by atoms with van der Waals surface area (Å²) >= 11 is 0. The molecule has 0 fully saturated rings. The normalized spacial score (nSPS) is 11.7. The molecule has 0 aliphatic rings. The Balaban J connectivity index is 1.33. The van der Waals surface area contributed by atoms with E-state index in [-0.39, 0.29) is 12.2 Å². The molecule has 1 amide bonds. The van der Waals surface area contributed by atoms with E-state index in [2.05, 4.69) is 42.8 Å². The van der Waals surface area contributed by atoms with Crippen LogP contribution in [-0.2, 0) is 24.1 Å². The molecular formula is C30H29N7O4. The first-order valence-electron chi connectivity index (χ1n) is 13.3. The molecule has 208 valence electrons. The van der Waals surface area contributed by atoms with E-state index in [0.29, 0.717) is 35.8 Å². The number of furan rings is 1. The number of nitrogens with zero attached hydrogens (tertiary/aromatic N) is 5. The highest BCUT2D eigenvalue weighted by molar-refractivity contribution is 5.92. The molecule has 0 saturated carbocycles. The van der Waals surface area contributed by atoms with Gasteiger partial charge in [-0.25, -0.2) is 0 Å². The lowest BCUT2D eigenvalue weighted by atomic mass is 10.0. The molecule has 11 heteroatoms. The third kappa shape index (κ3) is 6.88. The van der Waals surface area contributed by atoms with Crippen molar-refractivity contribution < 1.29 is 19.1 Å². The van der Waals surface area contributed by atoms with E-state index in [4.69, 9.17) is 4.42 Å².